The van der Waals surface area contributed by atoms with Gasteiger partial charge in [0.1, 0.15) is 29.7 Å². The molecule has 0 radical (unpaired) electrons. The number of nitrogens with one attached hydrogen (secondary N) is 2. The number of rotatable bonds is 8. The van der Waals surface area contributed by atoms with Gasteiger partial charge in [0.05, 0.1) is 0 Å². The van der Waals surface area contributed by atoms with Gasteiger partial charge in [0.15, 0.2) is 6.61 Å². The second kappa shape index (κ2) is 10.7. The minimum absolute atomic E-state index is 0.114. The molecule has 0 saturated heterocycles. The summed E-state index contributed by atoms with van der Waals surface area (Å²) in [4.78, 5) is 35.6. The first-order chi connectivity index (χ1) is 15.4. The molecule has 0 atom stereocenters. The lowest BCUT2D eigenvalue weighted by Gasteiger charge is -2.09. The maximum Gasteiger partial charge on any atom is 0.325 e. The van der Waals surface area contributed by atoms with Crippen molar-refractivity contribution in [2.75, 3.05) is 18.5 Å². The van der Waals surface area contributed by atoms with E-state index in [0.717, 1.165) is 12.1 Å². The zero-order chi connectivity index (χ0) is 22.9. The third kappa shape index (κ3) is 6.91. The number of esters is 1. The van der Waals surface area contributed by atoms with E-state index in [2.05, 4.69) is 10.6 Å². The number of para-hydroxylation sites is 1. The molecule has 3 aromatic rings. The molecule has 0 aliphatic carbocycles. The van der Waals surface area contributed by atoms with E-state index in [1.54, 1.807) is 24.3 Å². The maximum atomic E-state index is 13.1. The summed E-state index contributed by atoms with van der Waals surface area (Å²) in [6.07, 6.45) is 0. The van der Waals surface area contributed by atoms with Crippen LogP contribution < -0.4 is 15.4 Å². The number of ether oxygens (including phenoxy) is 2. The van der Waals surface area contributed by atoms with Crippen LogP contribution in [0.15, 0.2) is 72.8 Å². The van der Waals surface area contributed by atoms with E-state index in [4.69, 9.17) is 9.47 Å². The fourth-order valence-corrected chi connectivity index (χ4v) is 2.57. The Morgan fingerprint density at radius 1 is 0.812 bits per heavy atom. The number of anilines is 1. The lowest BCUT2D eigenvalue weighted by atomic mass is 10.2. The summed E-state index contributed by atoms with van der Waals surface area (Å²) in [5.74, 6) is -2.70. The Bertz CT molecular complexity index is 1080. The molecule has 0 fully saturated rings. The molecule has 164 valence electrons. The lowest BCUT2D eigenvalue weighted by Crippen LogP contribution is -2.32. The first-order valence-corrected chi connectivity index (χ1v) is 9.42. The first kappa shape index (κ1) is 22.4. The molecule has 0 spiro atoms. The summed E-state index contributed by atoms with van der Waals surface area (Å²) in [7, 11) is 0. The minimum atomic E-state index is -0.861. The van der Waals surface area contributed by atoms with E-state index in [-0.39, 0.29) is 5.69 Å². The number of hydrogen-bond acceptors (Lipinski definition) is 5. The maximum absolute atomic E-state index is 13.1. The normalized spacial score (nSPS) is 10.2. The second-order valence-electron chi connectivity index (χ2n) is 6.49. The van der Waals surface area contributed by atoms with Crippen LogP contribution in [0.25, 0.3) is 0 Å². The van der Waals surface area contributed by atoms with Crippen molar-refractivity contribution in [3.8, 4) is 11.5 Å². The van der Waals surface area contributed by atoms with Crippen LogP contribution in [0.1, 0.15) is 10.4 Å². The smallest absolute Gasteiger partial charge is 0.325 e. The predicted octanol–water partition coefficient (Wildman–Crippen LogP) is 3.67. The molecule has 2 N–H and O–H groups in total. The van der Waals surface area contributed by atoms with Crippen molar-refractivity contribution in [1.29, 1.82) is 0 Å². The summed E-state index contributed by atoms with van der Waals surface area (Å²) in [6, 6.07) is 17.9. The summed E-state index contributed by atoms with van der Waals surface area (Å²) < 4.78 is 36.6. The van der Waals surface area contributed by atoms with Crippen molar-refractivity contribution < 1.29 is 32.6 Å². The standard InChI is InChI=1S/C23H18F2N2O5/c24-16-10-17(25)12-18(11-16)27-21(28)14-31-22(29)13-26-23(30)15-6-8-20(9-7-15)32-19-4-2-1-3-5-19/h1-12H,13-14H2,(H,26,30)(H,27,28). The molecule has 0 saturated carbocycles. The molecule has 32 heavy (non-hydrogen) atoms. The van der Waals surface area contributed by atoms with Gasteiger partial charge < -0.3 is 20.1 Å². The van der Waals surface area contributed by atoms with E-state index in [1.807, 2.05) is 18.2 Å². The Kier molecular flexibility index (Phi) is 7.47. The lowest BCUT2D eigenvalue weighted by molar-refractivity contribution is -0.146. The highest BCUT2D eigenvalue weighted by Gasteiger charge is 2.12. The van der Waals surface area contributed by atoms with Crippen molar-refractivity contribution in [2.24, 2.45) is 0 Å². The monoisotopic (exact) mass is 440 g/mol. The van der Waals surface area contributed by atoms with Gasteiger partial charge in [-0.3, -0.25) is 14.4 Å². The van der Waals surface area contributed by atoms with Gasteiger partial charge in [-0.25, -0.2) is 8.78 Å². The molecule has 0 aliphatic heterocycles. The third-order valence-electron chi connectivity index (χ3n) is 4.00. The molecular formula is C23H18F2N2O5. The number of carbonyl (C=O) groups excluding carboxylic acids is 3. The molecule has 0 unspecified atom stereocenters. The van der Waals surface area contributed by atoms with Crippen molar-refractivity contribution in [3.63, 3.8) is 0 Å². The van der Waals surface area contributed by atoms with Crippen LogP contribution in [-0.4, -0.2) is 30.9 Å². The van der Waals surface area contributed by atoms with Gasteiger partial charge in [-0.05, 0) is 48.5 Å². The van der Waals surface area contributed by atoms with Crippen molar-refractivity contribution in [3.05, 3.63) is 90.0 Å². The highest BCUT2D eigenvalue weighted by atomic mass is 19.1. The molecule has 3 aromatic carbocycles. The Morgan fingerprint density at radius 2 is 1.44 bits per heavy atom. The van der Waals surface area contributed by atoms with Crippen molar-refractivity contribution in [2.45, 2.75) is 0 Å². The average molecular weight is 440 g/mol. The summed E-state index contributed by atoms with van der Waals surface area (Å²) >= 11 is 0. The Hall–Kier alpha value is -4.27. The van der Waals surface area contributed by atoms with Gasteiger partial charge in [-0.15, -0.1) is 0 Å². The topological polar surface area (TPSA) is 93.7 Å². The molecular weight excluding hydrogens is 422 g/mol. The third-order valence-corrected chi connectivity index (χ3v) is 4.00. The highest BCUT2D eigenvalue weighted by molar-refractivity contribution is 5.96. The van der Waals surface area contributed by atoms with Crippen molar-refractivity contribution in [1.82, 2.24) is 5.32 Å². The van der Waals surface area contributed by atoms with E-state index < -0.39 is 42.6 Å². The van der Waals surface area contributed by atoms with Crippen LogP contribution in [0.5, 0.6) is 11.5 Å². The summed E-state index contributed by atoms with van der Waals surface area (Å²) in [6.45, 7) is -1.15. The number of benzene rings is 3. The molecule has 0 aromatic heterocycles. The molecule has 0 aliphatic rings. The SMILES string of the molecule is O=C(COC(=O)CNC(=O)c1ccc(Oc2ccccc2)cc1)Nc1cc(F)cc(F)c1. The zero-order valence-electron chi connectivity index (χ0n) is 16.6. The predicted molar refractivity (Wildman–Crippen MR) is 111 cm³/mol. The summed E-state index contributed by atoms with van der Waals surface area (Å²) in [5, 5.41) is 4.57. The number of halogens is 2. The fourth-order valence-electron chi connectivity index (χ4n) is 2.57. The molecule has 7 nitrogen and oxygen atoms in total. The van der Waals surface area contributed by atoms with Gasteiger partial charge in [-0.1, -0.05) is 18.2 Å². The average Bonchev–Trinajstić information content (AvgIpc) is 2.76. The van der Waals surface area contributed by atoms with Crippen LogP contribution in [0.4, 0.5) is 14.5 Å². The fraction of sp³-hybridized carbons (Fsp3) is 0.0870. The van der Waals surface area contributed by atoms with Gasteiger partial charge in [0, 0.05) is 17.3 Å². The van der Waals surface area contributed by atoms with Gasteiger partial charge in [0.25, 0.3) is 11.8 Å². The van der Waals surface area contributed by atoms with Crippen LogP contribution in [0.3, 0.4) is 0 Å². The zero-order valence-corrected chi connectivity index (χ0v) is 16.6. The Balaban J connectivity index is 1.41. The molecule has 0 heterocycles. The quantitative estimate of drug-likeness (QED) is 0.522. The van der Waals surface area contributed by atoms with Crippen LogP contribution in [0, 0.1) is 11.6 Å². The number of amides is 2. The largest absolute Gasteiger partial charge is 0.457 e. The highest BCUT2D eigenvalue weighted by Crippen LogP contribution is 2.21. The van der Waals surface area contributed by atoms with Gasteiger partial charge in [0.2, 0.25) is 0 Å². The van der Waals surface area contributed by atoms with Crippen LogP contribution >= 0.6 is 0 Å². The minimum Gasteiger partial charge on any atom is -0.457 e. The van der Waals surface area contributed by atoms with Gasteiger partial charge >= 0.3 is 5.97 Å². The van der Waals surface area contributed by atoms with E-state index in [9.17, 15) is 23.2 Å². The molecule has 3 rings (SSSR count). The van der Waals surface area contributed by atoms with Crippen LogP contribution in [-0.2, 0) is 14.3 Å². The Morgan fingerprint density at radius 3 is 2.09 bits per heavy atom. The second-order valence-corrected chi connectivity index (χ2v) is 6.49. The van der Waals surface area contributed by atoms with E-state index >= 15 is 0 Å². The van der Waals surface area contributed by atoms with Gasteiger partial charge in [-0.2, -0.15) is 0 Å². The van der Waals surface area contributed by atoms with Crippen LogP contribution in [0.2, 0.25) is 0 Å². The number of carbonyl (C=O) groups is 3. The van der Waals surface area contributed by atoms with Crippen molar-refractivity contribution >= 4 is 23.5 Å². The molecule has 9 heteroatoms. The van der Waals surface area contributed by atoms with E-state index in [1.165, 1.54) is 12.1 Å². The Labute approximate surface area is 182 Å². The first-order valence-electron chi connectivity index (χ1n) is 9.42. The molecule has 0 bridgehead atoms. The summed E-state index contributed by atoms with van der Waals surface area (Å²) in [5.41, 5.74) is 0.181. The number of hydrogen-bond donors (Lipinski definition) is 2. The molecule has 2 amide bonds. The van der Waals surface area contributed by atoms with E-state index in [0.29, 0.717) is 23.1 Å².